The van der Waals surface area contributed by atoms with Gasteiger partial charge in [-0.05, 0) is 37.3 Å². The molecule has 3 aromatic rings. The van der Waals surface area contributed by atoms with Crippen molar-refractivity contribution in [1.29, 1.82) is 0 Å². The van der Waals surface area contributed by atoms with Crippen molar-refractivity contribution in [2.45, 2.75) is 18.0 Å². The van der Waals surface area contributed by atoms with Crippen molar-refractivity contribution in [2.75, 3.05) is 10.0 Å². The van der Waals surface area contributed by atoms with Crippen molar-refractivity contribution in [3.8, 4) is 0 Å². The molecule has 0 radical (unpaired) electrons. The lowest BCUT2D eigenvalue weighted by atomic mass is 10.1. The van der Waals surface area contributed by atoms with Crippen LogP contribution in [0.4, 0.5) is 24.5 Å². The lowest BCUT2D eigenvalue weighted by Gasteiger charge is -2.16. The number of benzene rings is 2. The van der Waals surface area contributed by atoms with Crippen molar-refractivity contribution in [3.63, 3.8) is 0 Å². The number of carbonyl (C=O) groups excluding carboxylic acids is 1. The van der Waals surface area contributed by atoms with Crippen molar-refractivity contribution < 1.29 is 30.9 Å². The van der Waals surface area contributed by atoms with Crippen LogP contribution in [-0.4, -0.2) is 19.5 Å². The van der Waals surface area contributed by atoms with Gasteiger partial charge in [0.1, 0.15) is 11.3 Å². The van der Waals surface area contributed by atoms with Crippen LogP contribution in [0, 0.1) is 6.92 Å². The van der Waals surface area contributed by atoms with Gasteiger partial charge in [0.2, 0.25) is 0 Å². The first-order valence-corrected chi connectivity index (χ1v) is 9.58. The van der Waals surface area contributed by atoms with Crippen LogP contribution in [0.15, 0.2) is 64.1 Å². The Hall–Kier alpha value is -3.34. The van der Waals surface area contributed by atoms with E-state index < -0.39 is 33.4 Å². The van der Waals surface area contributed by atoms with Crippen molar-refractivity contribution in [2.24, 2.45) is 0 Å². The van der Waals surface area contributed by atoms with E-state index in [1.54, 1.807) is 6.07 Å². The standard InChI is InChI=1S/C18H14F3N3O4S/c1-11-14(10-22-28-11)17(25)23-12-7-8-16(15(9-12)18(19,20)21)24-29(26,27)13-5-3-2-4-6-13/h2-10,24H,1H3,(H,23,25). The fourth-order valence-corrected chi connectivity index (χ4v) is 3.56. The molecule has 2 N–H and O–H groups in total. The number of nitrogens with one attached hydrogen (secondary N) is 2. The summed E-state index contributed by atoms with van der Waals surface area (Å²) in [4.78, 5) is 12.0. The number of halogens is 3. The molecule has 2 aromatic carbocycles. The minimum atomic E-state index is -4.87. The Morgan fingerprint density at radius 3 is 2.38 bits per heavy atom. The summed E-state index contributed by atoms with van der Waals surface area (Å²) in [5.41, 5.74) is -2.03. The topological polar surface area (TPSA) is 101 Å². The lowest BCUT2D eigenvalue weighted by Crippen LogP contribution is -2.18. The van der Waals surface area contributed by atoms with E-state index in [1.165, 1.54) is 31.2 Å². The largest absolute Gasteiger partial charge is 0.418 e. The molecule has 152 valence electrons. The molecule has 0 aliphatic carbocycles. The Morgan fingerprint density at radius 1 is 1.10 bits per heavy atom. The number of hydrogen-bond donors (Lipinski definition) is 2. The molecular formula is C18H14F3N3O4S. The van der Waals surface area contributed by atoms with E-state index in [4.69, 9.17) is 4.52 Å². The monoisotopic (exact) mass is 425 g/mol. The van der Waals surface area contributed by atoms with Gasteiger partial charge < -0.3 is 9.84 Å². The number of sulfonamides is 1. The van der Waals surface area contributed by atoms with Gasteiger partial charge in [0.15, 0.2) is 0 Å². The van der Waals surface area contributed by atoms with Gasteiger partial charge in [-0.15, -0.1) is 0 Å². The van der Waals surface area contributed by atoms with Gasteiger partial charge in [-0.3, -0.25) is 9.52 Å². The predicted molar refractivity (Wildman–Crippen MR) is 97.9 cm³/mol. The van der Waals surface area contributed by atoms with Crippen LogP contribution in [0.2, 0.25) is 0 Å². The number of carbonyl (C=O) groups is 1. The van der Waals surface area contributed by atoms with Crippen molar-refractivity contribution in [3.05, 3.63) is 71.6 Å². The first kappa shape index (κ1) is 20.4. The molecule has 0 aliphatic rings. The molecule has 0 bridgehead atoms. The van der Waals surface area contributed by atoms with Crippen LogP contribution < -0.4 is 10.0 Å². The number of hydrogen-bond acceptors (Lipinski definition) is 5. The molecule has 3 rings (SSSR count). The number of amides is 1. The summed E-state index contributed by atoms with van der Waals surface area (Å²) in [6.07, 6.45) is -3.74. The van der Waals surface area contributed by atoms with E-state index >= 15 is 0 Å². The number of rotatable bonds is 5. The molecule has 1 aromatic heterocycles. The second-order valence-corrected chi connectivity index (χ2v) is 7.61. The zero-order valence-corrected chi connectivity index (χ0v) is 15.6. The average Bonchev–Trinajstić information content (AvgIpc) is 3.09. The van der Waals surface area contributed by atoms with E-state index in [0.29, 0.717) is 6.07 Å². The fraction of sp³-hybridized carbons (Fsp3) is 0.111. The molecular weight excluding hydrogens is 411 g/mol. The van der Waals surface area contributed by atoms with E-state index in [1.807, 2.05) is 4.72 Å². The second kappa shape index (κ2) is 7.59. The highest BCUT2D eigenvalue weighted by atomic mass is 32.2. The molecule has 0 fully saturated rings. The van der Waals surface area contributed by atoms with Gasteiger partial charge in [-0.25, -0.2) is 8.42 Å². The maximum Gasteiger partial charge on any atom is 0.418 e. The normalized spacial score (nSPS) is 11.9. The summed E-state index contributed by atoms with van der Waals surface area (Å²) in [5, 5.41) is 5.74. The number of aromatic nitrogens is 1. The average molecular weight is 425 g/mol. The van der Waals surface area contributed by atoms with Crippen LogP contribution >= 0.6 is 0 Å². The van der Waals surface area contributed by atoms with Gasteiger partial charge in [0.05, 0.1) is 22.3 Å². The zero-order chi connectivity index (χ0) is 21.2. The van der Waals surface area contributed by atoms with Gasteiger partial charge in [0, 0.05) is 5.69 Å². The Balaban J connectivity index is 1.93. The summed E-state index contributed by atoms with van der Waals surface area (Å²) in [6, 6.07) is 9.71. The molecule has 0 saturated heterocycles. The third-order valence-corrected chi connectivity index (χ3v) is 5.26. The van der Waals surface area contributed by atoms with Crippen LogP contribution in [-0.2, 0) is 16.2 Å². The Morgan fingerprint density at radius 2 is 1.79 bits per heavy atom. The summed E-state index contributed by atoms with van der Waals surface area (Å²) >= 11 is 0. The molecule has 0 atom stereocenters. The molecule has 0 aliphatic heterocycles. The van der Waals surface area contributed by atoms with Gasteiger partial charge in [0.25, 0.3) is 15.9 Å². The second-order valence-electron chi connectivity index (χ2n) is 5.93. The number of nitrogens with zero attached hydrogens (tertiary/aromatic N) is 1. The van der Waals surface area contributed by atoms with Crippen molar-refractivity contribution >= 4 is 27.3 Å². The maximum atomic E-state index is 13.5. The smallest absolute Gasteiger partial charge is 0.361 e. The quantitative estimate of drug-likeness (QED) is 0.642. The summed E-state index contributed by atoms with van der Waals surface area (Å²) in [7, 11) is -4.23. The van der Waals surface area contributed by atoms with E-state index in [9.17, 15) is 26.4 Å². The third kappa shape index (κ3) is 4.57. The summed E-state index contributed by atoms with van der Waals surface area (Å²) in [5.74, 6) is -0.514. The molecule has 0 saturated carbocycles. The first-order chi connectivity index (χ1) is 13.6. The van der Waals surface area contributed by atoms with E-state index in [2.05, 4.69) is 10.5 Å². The summed E-state index contributed by atoms with van der Waals surface area (Å²) < 4.78 is 72.0. The molecule has 0 spiro atoms. The highest BCUT2D eigenvalue weighted by Crippen LogP contribution is 2.37. The van der Waals surface area contributed by atoms with E-state index in [-0.39, 0.29) is 21.9 Å². The number of alkyl halides is 3. The Kier molecular flexibility index (Phi) is 5.33. The Bertz CT molecular complexity index is 1140. The minimum Gasteiger partial charge on any atom is -0.361 e. The van der Waals surface area contributed by atoms with Gasteiger partial charge >= 0.3 is 6.18 Å². The molecule has 7 nitrogen and oxygen atoms in total. The van der Waals surface area contributed by atoms with Crippen LogP contribution in [0.25, 0.3) is 0 Å². The number of aryl methyl sites for hydroxylation is 1. The number of anilines is 2. The maximum absolute atomic E-state index is 13.5. The van der Waals surface area contributed by atoms with Gasteiger partial charge in [-0.1, -0.05) is 23.4 Å². The molecule has 0 unspecified atom stereocenters. The van der Waals surface area contributed by atoms with Crippen LogP contribution in [0.3, 0.4) is 0 Å². The SMILES string of the molecule is Cc1oncc1C(=O)Nc1ccc(NS(=O)(=O)c2ccccc2)c(C(F)(F)F)c1. The zero-order valence-electron chi connectivity index (χ0n) is 14.8. The van der Waals surface area contributed by atoms with Gasteiger partial charge in [-0.2, -0.15) is 13.2 Å². The summed E-state index contributed by atoms with van der Waals surface area (Å²) in [6.45, 7) is 1.48. The predicted octanol–water partition coefficient (Wildman–Crippen LogP) is 4.05. The van der Waals surface area contributed by atoms with E-state index in [0.717, 1.165) is 18.3 Å². The molecule has 1 amide bonds. The van der Waals surface area contributed by atoms with Crippen molar-refractivity contribution in [1.82, 2.24) is 5.16 Å². The van der Waals surface area contributed by atoms with Crippen LogP contribution in [0.1, 0.15) is 21.7 Å². The Labute approximate surface area is 163 Å². The molecule has 11 heteroatoms. The minimum absolute atomic E-state index is 0.0624. The molecule has 1 heterocycles. The fourth-order valence-electron chi connectivity index (χ4n) is 2.46. The highest BCUT2D eigenvalue weighted by Gasteiger charge is 2.35. The lowest BCUT2D eigenvalue weighted by molar-refractivity contribution is -0.136. The first-order valence-electron chi connectivity index (χ1n) is 8.09. The van der Waals surface area contributed by atoms with Crippen LogP contribution in [0.5, 0.6) is 0 Å². The molecule has 29 heavy (non-hydrogen) atoms. The highest BCUT2D eigenvalue weighted by molar-refractivity contribution is 7.92. The third-order valence-electron chi connectivity index (χ3n) is 3.88.